The number of nitrogens with one attached hydrogen (secondary N) is 1. The number of imide groups is 2. The number of urea groups is 1. The first-order valence-electron chi connectivity index (χ1n) is 11.9. The van der Waals surface area contributed by atoms with Gasteiger partial charge in [-0.25, -0.2) is 14.5 Å². The van der Waals surface area contributed by atoms with Crippen LogP contribution in [-0.2, 0) is 14.3 Å². The molecule has 4 amide bonds. The van der Waals surface area contributed by atoms with Gasteiger partial charge in [0.2, 0.25) is 0 Å². The number of carbonyl (C=O) groups is 4. The van der Waals surface area contributed by atoms with Gasteiger partial charge < -0.3 is 9.30 Å². The zero-order valence-corrected chi connectivity index (χ0v) is 22.8. The Morgan fingerprint density at radius 3 is 2.27 bits per heavy atom. The average molecular weight is 520 g/mol. The molecule has 1 aromatic carbocycles. The number of nitrogens with zero attached hydrogens (tertiary/aromatic N) is 2. The minimum absolute atomic E-state index is 0.150. The Kier molecular flexibility index (Phi) is 6.92. The van der Waals surface area contributed by atoms with Crippen LogP contribution in [-0.4, -0.2) is 35.0 Å². The third-order valence-electron chi connectivity index (χ3n) is 6.39. The van der Waals surface area contributed by atoms with Gasteiger partial charge in [-0.2, -0.15) is 0 Å². The summed E-state index contributed by atoms with van der Waals surface area (Å²) < 4.78 is 7.24. The summed E-state index contributed by atoms with van der Waals surface area (Å²) in [5, 5.41) is 3.00. The van der Waals surface area contributed by atoms with Gasteiger partial charge >= 0.3 is 12.0 Å². The number of hydrogen-bond donors (Lipinski definition) is 1. The first-order chi connectivity index (χ1) is 17.4. The Labute approximate surface area is 219 Å². The first kappa shape index (κ1) is 26.1. The van der Waals surface area contributed by atoms with E-state index in [2.05, 4.69) is 5.32 Å². The summed E-state index contributed by atoms with van der Waals surface area (Å²) in [6, 6.07) is 6.45. The summed E-state index contributed by atoms with van der Waals surface area (Å²) in [6.45, 7) is 13.4. The fraction of sp³-hybridized carbons (Fsp3) is 0.286. The molecule has 0 aliphatic carbocycles. The van der Waals surface area contributed by atoms with E-state index in [1.165, 1.54) is 17.4 Å². The van der Waals surface area contributed by atoms with Crippen LogP contribution in [0, 0.1) is 41.5 Å². The summed E-state index contributed by atoms with van der Waals surface area (Å²) in [5.74, 6) is -1.84. The van der Waals surface area contributed by atoms with Crippen molar-refractivity contribution < 1.29 is 23.9 Å². The van der Waals surface area contributed by atoms with Crippen molar-refractivity contribution in [2.24, 2.45) is 0 Å². The van der Waals surface area contributed by atoms with Gasteiger partial charge in [-0.05, 0) is 95.0 Å². The second-order valence-electron chi connectivity index (χ2n) is 9.15. The van der Waals surface area contributed by atoms with Crippen LogP contribution in [0.5, 0.6) is 0 Å². The molecular weight excluding hydrogens is 490 g/mol. The highest BCUT2D eigenvalue weighted by Gasteiger charge is 2.37. The Morgan fingerprint density at radius 1 is 1.00 bits per heavy atom. The van der Waals surface area contributed by atoms with Crippen molar-refractivity contribution in [3.8, 4) is 5.00 Å². The molecule has 1 N–H and O–H groups in total. The number of rotatable bonds is 5. The minimum Gasteiger partial charge on any atom is -0.462 e. The number of hydrogen-bond acceptors (Lipinski definition) is 6. The zero-order valence-electron chi connectivity index (χ0n) is 21.9. The molecule has 0 atom stereocenters. The van der Waals surface area contributed by atoms with E-state index in [9.17, 15) is 19.2 Å². The lowest BCUT2D eigenvalue weighted by Crippen LogP contribution is -2.54. The summed E-state index contributed by atoms with van der Waals surface area (Å²) in [7, 11) is 0. The van der Waals surface area contributed by atoms with Crippen LogP contribution in [0.1, 0.15) is 55.8 Å². The number of thiophene rings is 1. The van der Waals surface area contributed by atoms with E-state index in [0.29, 0.717) is 16.8 Å². The van der Waals surface area contributed by atoms with Gasteiger partial charge in [0.15, 0.2) is 0 Å². The Hall–Kier alpha value is -3.98. The van der Waals surface area contributed by atoms with Gasteiger partial charge in [-0.15, -0.1) is 11.3 Å². The fourth-order valence-corrected chi connectivity index (χ4v) is 5.84. The molecule has 0 unspecified atom stereocenters. The predicted octanol–water partition coefficient (Wildman–Crippen LogP) is 5.23. The monoisotopic (exact) mass is 519 g/mol. The number of barbiturate groups is 1. The van der Waals surface area contributed by atoms with Crippen molar-refractivity contribution in [1.82, 2.24) is 9.88 Å². The largest absolute Gasteiger partial charge is 0.462 e. The van der Waals surface area contributed by atoms with Crippen molar-refractivity contribution in [2.75, 3.05) is 11.5 Å². The van der Waals surface area contributed by atoms with E-state index >= 15 is 0 Å². The van der Waals surface area contributed by atoms with Crippen molar-refractivity contribution in [3.05, 3.63) is 73.9 Å². The average Bonchev–Trinajstić information content (AvgIpc) is 3.24. The van der Waals surface area contributed by atoms with E-state index in [0.717, 1.165) is 42.9 Å². The molecule has 8 nitrogen and oxygen atoms in total. The van der Waals surface area contributed by atoms with Crippen LogP contribution in [0.4, 0.5) is 10.5 Å². The third kappa shape index (κ3) is 4.62. The highest BCUT2D eigenvalue weighted by atomic mass is 32.1. The van der Waals surface area contributed by atoms with Gasteiger partial charge in [-0.1, -0.05) is 6.07 Å². The molecule has 0 radical (unpaired) electrons. The molecule has 37 heavy (non-hydrogen) atoms. The molecule has 1 fully saturated rings. The number of benzene rings is 1. The zero-order chi connectivity index (χ0) is 27.2. The number of aryl methyl sites for hydroxylation is 4. The number of ether oxygens (including phenoxy) is 1. The summed E-state index contributed by atoms with van der Waals surface area (Å²) in [4.78, 5) is 53.6. The van der Waals surface area contributed by atoms with E-state index in [4.69, 9.17) is 4.74 Å². The molecule has 3 aromatic rings. The Balaban J connectivity index is 1.81. The highest BCUT2D eigenvalue weighted by molar-refractivity contribution is 7.15. The third-order valence-corrected chi connectivity index (χ3v) is 7.58. The number of carbonyl (C=O) groups excluding carboxylic acids is 4. The lowest BCUT2D eigenvalue weighted by molar-refractivity contribution is -0.122. The molecule has 192 valence electrons. The van der Waals surface area contributed by atoms with E-state index < -0.39 is 23.8 Å². The molecule has 0 spiro atoms. The molecule has 9 heteroatoms. The van der Waals surface area contributed by atoms with Gasteiger partial charge in [-0.3, -0.25) is 14.9 Å². The minimum atomic E-state index is -0.786. The SMILES string of the molecule is CCOC(=O)c1c(-n2c(C)cc(/C=C3\C(=O)NC(=O)N(c4cc(C)cc(C)c4)C3=O)c2C)sc(C)c1C. The summed E-state index contributed by atoms with van der Waals surface area (Å²) in [5.41, 5.74) is 5.58. The highest BCUT2D eigenvalue weighted by Crippen LogP contribution is 2.35. The fourth-order valence-electron chi connectivity index (χ4n) is 4.58. The molecule has 1 saturated heterocycles. The van der Waals surface area contributed by atoms with Crippen LogP contribution in [0.25, 0.3) is 11.1 Å². The molecule has 4 rings (SSSR count). The number of amides is 4. The number of aromatic nitrogens is 1. The quantitative estimate of drug-likeness (QED) is 0.283. The lowest BCUT2D eigenvalue weighted by atomic mass is 10.1. The standard InChI is InChI=1S/C28H29N3O5S/c1-8-36-27(34)23-17(5)19(7)37-26(23)30-16(4)12-20(18(30)6)13-22-24(32)29-28(35)31(25(22)33)21-10-14(2)9-15(3)11-21/h9-13H,8H2,1-7H3,(H,29,32,35)/b22-13+. The molecule has 0 bridgehead atoms. The van der Waals surface area contributed by atoms with E-state index in [-0.39, 0.29) is 12.2 Å². The molecule has 1 aliphatic rings. The molecule has 0 saturated carbocycles. The smallest absolute Gasteiger partial charge is 0.341 e. The van der Waals surface area contributed by atoms with Gasteiger partial charge in [0.05, 0.1) is 17.9 Å². The van der Waals surface area contributed by atoms with Crippen LogP contribution < -0.4 is 10.2 Å². The number of esters is 1. The first-order valence-corrected chi connectivity index (χ1v) is 12.7. The van der Waals surface area contributed by atoms with Crippen LogP contribution in [0.2, 0.25) is 0 Å². The van der Waals surface area contributed by atoms with Crippen molar-refractivity contribution in [3.63, 3.8) is 0 Å². The second kappa shape index (κ2) is 9.82. The van der Waals surface area contributed by atoms with Gasteiger partial charge in [0, 0.05) is 16.3 Å². The van der Waals surface area contributed by atoms with Crippen LogP contribution in [0.3, 0.4) is 0 Å². The maximum atomic E-state index is 13.4. The topological polar surface area (TPSA) is 97.7 Å². The molecule has 3 heterocycles. The van der Waals surface area contributed by atoms with Crippen molar-refractivity contribution >= 4 is 46.9 Å². The maximum absolute atomic E-state index is 13.4. The Morgan fingerprint density at radius 2 is 1.65 bits per heavy atom. The van der Waals surface area contributed by atoms with Crippen LogP contribution in [0.15, 0.2) is 29.8 Å². The number of anilines is 1. The van der Waals surface area contributed by atoms with Crippen molar-refractivity contribution in [1.29, 1.82) is 0 Å². The van der Waals surface area contributed by atoms with Gasteiger partial charge in [0.1, 0.15) is 10.6 Å². The molecular formula is C28H29N3O5S. The van der Waals surface area contributed by atoms with Gasteiger partial charge in [0.25, 0.3) is 11.8 Å². The van der Waals surface area contributed by atoms with Crippen molar-refractivity contribution in [2.45, 2.75) is 48.5 Å². The van der Waals surface area contributed by atoms with E-state index in [1.807, 2.05) is 58.2 Å². The summed E-state index contributed by atoms with van der Waals surface area (Å²) in [6.07, 6.45) is 1.50. The summed E-state index contributed by atoms with van der Waals surface area (Å²) >= 11 is 1.48. The molecule has 2 aromatic heterocycles. The Bertz CT molecular complexity index is 1490. The molecule has 1 aliphatic heterocycles. The predicted molar refractivity (Wildman–Crippen MR) is 143 cm³/mol. The van der Waals surface area contributed by atoms with Crippen LogP contribution >= 0.6 is 11.3 Å². The van der Waals surface area contributed by atoms with E-state index in [1.54, 1.807) is 19.1 Å². The lowest BCUT2D eigenvalue weighted by Gasteiger charge is -2.27. The normalized spacial score (nSPS) is 14.9. The maximum Gasteiger partial charge on any atom is 0.341 e. The second-order valence-corrected chi connectivity index (χ2v) is 10.4.